The van der Waals surface area contributed by atoms with Gasteiger partial charge < -0.3 is 9.88 Å². The standard InChI is InChI=1S/C11H15N3/c1-9(7-12-2)14-8-13-10-5-3-4-6-11(10)14/h3-6,8-9,12H,7H2,1-2H3. The van der Waals surface area contributed by atoms with Crippen LogP contribution in [0.1, 0.15) is 13.0 Å². The van der Waals surface area contributed by atoms with Crippen LogP contribution in [0.5, 0.6) is 0 Å². The van der Waals surface area contributed by atoms with Crippen molar-refractivity contribution in [2.24, 2.45) is 0 Å². The summed E-state index contributed by atoms with van der Waals surface area (Å²) in [6.45, 7) is 3.14. The van der Waals surface area contributed by atoms with E-state index in [1.165, 1.54) is 5.52 Å². The summed E-state index contributed by atoms with van der Waals surface area (Å²) in [4.78, 5) is 4.36. The molecule has 14 heavy (non-hydrogen) atoms. The summed E-state index contributed by atoms with van der Waals surface area (Å²) in [5.41, 5.74) is 2.27. The largest absolute Gasteiger partial charge is 0.326 e. The van der Waals surface area contributed by atoms with Crippen LogP contribution in [-0.2, 0) is 0 Å². The van der Waals surface area contributed by atoms with Gasteiger partial charge in [-0.1, -0.05) is 12.1 Å². The van der Waals surface area contributed by atoms with E-state index in [4.69, 9.17) is 0 Å². The first kappa shape index (κ1) is 9.21. The Labute approximate surface area is 83.8 Å². The van der Waals surface area contributed by atoms with Crippen LogP contribution in [0, 0.1) is 0 Å². The van der Waals surface area contributed by atoms with Gasteiger partial charge in [-0.3, -0.25) is 0 Å². The summed E-state index contributed by atoms with van der Waals surface area (Å²) in [5, 5.41) is 3.17. The number of fused-ring (bicyclic) bond motifs is 1. The number of imidazole rings is 1. The van der Waals surface area contributed by atoms with E-state index in [0.29, 0.717) is 6.04 Å². The number of para-hydroxylation sites is 2. The van der Waals surface area contributed by atoms with E-state index in [-0.39, 0.29) is 0 Å². The second-order valence-corrected chi connectivity index (χ2v) is 3.55. The Morgan fingerprint density at radius 3 is 3.00 bits per heavy atom. The Hall–Kier alpha value is -1.35. The van der Waals surface area contributed by atoms with Crippen molar-refractivity contribution in [3.05, 3.63) is 30.6 Å². The molecule has 1 heterocycles. The normalized spacial score (nSPS) is 13.3. The molecule has 1 atom stereocenters. The van der Waals surface area contributed by atoms with Gasteiger partial charge in [0.05, 0.1) is 17.4 Å². The average Bonchev–Trinajstić information content (AvgIpc) is 2.61. The zero-order valence-corrected chi connectivity index (χ0v) is 8.57. The molecule has 0 fully saturated rings. The number of aromatic nitrogens is 2. The molecule has 0 amide bonds. The number of rotatable bonds is 3. The fourth-order valence-electron chi connectivity index (χ4n) is 1.72. The number of benzene rings is 1. The molecule has 0 radical (unpaired) electrons. The molecule has 0 bridgehead atoms. The molecule has 0 aliphatic heterocycles. The summed E-state index contributed by atoms with van der Waals surface area (Å²) in [6, 6.07) is 8.65. The minimum absolute atomic E-state index is 0.437. The van der Waals surface area contributed by atoms with Crippen molar-refractivity contribution < 1.29 is 0 Å². The van der Waals surface area contributed by atoms with Crippen LogP contribution < -0.4 is 5.32 Å². The minimum Gasteiger partial charge on any atom is -0.326 e. The molecule has 0 saturated carbocycles. The smallest absolute Gasteiger partial charge is 0.0961 e. The third kappa shape index (κ3) is 1.51. The fraction of sp³-hybridized carbons (Fsp3) is 0.364. The molecule has 1 aromatic carbocycles. The Kier molecular flexibility index (Phi) is 2.50. The van der Waals surface area contributed by atoms with Gasteiger partial charge in [-0.25, -0.2) is 4.98 Å². The summed E-state index contributed by atoms with van der Waals surface area (Å²) in [5.74, 6) is 0. The summed E-state index contributed by atoms with van der Waals surface area (Å²) < 4.78 is 2.20. The molecule has 0 aliphatic rings. The van der Waals surface area contributed by atoms with Crippen LogP contribution in [0.4, 0.5) is 0 Å². The number of hydrogen-bond acceptors (Lipinski definition) is 2. The Morgan fingerprint density at radius 2 is 2.21 bits per heavy atom. The highest BCUT2D eigenvalue weighted by Gasteiger charge is 2.06. The maximum Gasteiger partial charge on any atom is 0.0961 e. The number of likely N-dealkylation sites (N-methyl/N-ethyl adjacent to an activating group) is 1. The van der Waals surface area contributed by atoms with Crippen molar-refractivity contribution in [3.8, 4) is 0 Å². The van der Waals surface area contributed by atoms with Crippen molar-refractivity contribution in [2.45, 2.75) is 13.0 Å². The Bertz CT molecular complexity index is 419. The number of nitrogens with zero attached hydrogens (tertiary/aromatic N) is 2. The van der Waals surface area contributed by atoms with Crippen LogP contribution in [-0.4, -0.2) is 23.1 Å². The first-order valence-corrected chi connectivity index (χ1v) is 4.89. The molecular weight excluding hydrogens is 174 g/mol. The highest BCUT2D eigenvalue weighted by atomic mass is 15.1. The molecule has 0 saturated heterocycles. The number of hydrogen-bond donors (Lipinski definition) is 1. The van der Waals surface area contributed by atoms with Crippen LogP contribution >= 0.6 is 0 Å². The van der Waals surface area contributed by atoms with E-state index in [1.807, 2.05) is 31.6 Å². The Morgan fingerprint density at radius 1 is 1.43 bits per heavy atom. The van der Waals surface area contributed by atoms with Gasteiger partial charge in [-0.2, -0.15) is 0 Å². The first-order valence-electron chi connectivity index (χ1n) is 4.89. The molecule has 2 aromatic rings. The average molecular weight is 189 g/mol. The van der Waals surface area contributed by atoms with Crippen molar-refractivity contribution in [3.63, 3.8) is 0 Å². The van der Waals surface area contributed by atoms with E-state index in [2.05, 4.69) is 27.9 Å². The molecule has 0 spiro atoms. The van der Waals surface area contributed by atoms with Crippen LogP contribution in [0.25, 0.3) is 11.0 Å². The molecule has 1 N–H and O–H groups in total. The van der Waals surface area contributed by atoms with Crippen LogP contribution in [0.2, 0.25) is 0 Å². The molecule has 3 heteroatoms. The summed E-state index contributed by atoms with van der Waals surface area (Å²) >= 11 is 0. The van der Waals surface area contributed by atoms with Crippen molar-refractivity contribution in [1.82, 2.24) is 14.9 Å². The molecule has 0 aliphatic carbocycles. The second kappa shape index (κ2) is 3.80. The maximum absolute atomic E-state index is 4.36. The van der Waals surface area contributed by atoms with E-state index in [0.717, 1.165) is 12.1 Å². The van der Waals surface area contributed by atoms with Gasteiger partial charge in [0.1, 0.15) is 0 Å². The monoisotopic (exact) mass is 189 g/mol. The Balaban J connectivity index is 2.42. The van der Waals surface area contributed by atoms with Gasteiger partial charge in [0.2, 0.25) is 0 Å². The molecule has 3 nitrogen and oxygen atoms in total. The van der Waals surface area contributed by atoms with E-state index in [9.17, 15) is 0 Å². The van der Waals surface area contributed by atoms with Gasteiger partial charge in [0.15, 0.2) is 0 Å². The highest BCUT2D eigenvalue weighted by Crippen LogP contribution is 2.16. The lowest BCUT2D eigenvalue weighted by atomic mass is 10.3. The molecule has 1 unspecified atom stereocenters. The van der Waals surface area contributed by atoms with Gasteiger partial charge in [0.25, 0.3) is 0 Å². The third-order valence-electron chi connectivity index (χ3n) is 2.46. The van der Waals surface area contributed by atoms with Crippen molar-refractivity contribution >= 4 is 11.0 Å². The molecular formula is C11H15N3. The van der Waals surface area contributed by atoms with Crippen LogP contribution in [0.15, 0.2) is 30.6 Å². The predicted molar refractivity (Wildman–Crippen MR) is 58.4 cm³/mol. The first-order chi connectivity index (χ1) is 6.83. The highest BCUT2D eigenvalue weighted by molar-refractivity contribution is 5.75. The van der Waals surface area contributed by atoms with Crippen molar-refractivity contribution in [1.29, 1.82) is 0 Å². The molecule has 74 valence electrons. The van der Waals surface area contributed by atoms with E-state index >= 15 is 0 Å². The van der Waals surface area contributed by atoms with Gasteiger partial charge in [-0.15, -0.1) is 0 Å². The fourth-order valence-corrected chi connectivity index (χ4v) is 1.72. The zero-order valence-electron chi connectivity index (χ0n) is 8.57. The van der Waals surface area contributed by atoms with Gasteiger partial charge in [-0.05, 0) is 26.1 Å². The van der Waals surface area contributed by atoms with Gasteiger partial charge >= 0.3 is 0 Å². The summed E-state index contributed by atoms with van der Waals surface area (Å²) in [7, 11) is 1.97. The lowest BCUT2D eigenvalue weighted by Crippen LogP contribution is -2.19. The minimum atomic E-state index is 0.437. The molecule has 1 aromatic heterocycles. The SMILES string of the molecule is CNCC(C)n1cnc2ccccc21. The predicted octanol–water partition coefficient (Wildman–Crippen LogP) is 1.82. The zero-order chi connectivity index (χ0) is 9.97. The third-order valence-corrected chi connectivity index (χ3v) is 2.46. The summed E-state index contributed by atoms with van der Waals surface area (Å²) in [6.07, 6.45) is 1.91. The van der Waals surface area contributed by atoms with Crippen molar-refractivity contribution in [2.75, 3.05) is 13.6 Å². The topological polar surface area (TPSA) is 29.9 Å². The maximum atomic E-state index is 4.36. The molecule has 2 rings (SSSR count). The second-order valence-electron chi connectivity index (χ2n) is 3.55. The lowest BCUT2D eigenvalue weighted by Gasteiger charge is -2.13. The quantitative estimate of drug-likeness (QED) is 0.798. The number of nitrogens with one attached hydrogen (secondary N) is 1. The van der Waals surface area contributed by atoms with E-state index in [1.54, 1.807) is 0 Å². The van der Waals surface area contributed by atoms with Gasteiger partial charge in [0, 0.05) is 12.6 Å². The van der Waals surface area contributed by atoms with Crippen LogP contribution in [0.3, 0.4) is 0 Å². The lowest BCUT2D eigenvalue weighted by molar-refractivity contribution is 0.530. The van der Waals surface area contributed by atoms with E-state index < -0.39 is 0 Å².